The Kier molecular flexibility index (Phi) is 2.15. The molecule has 0 amide bonds. The molecule has 58 valence electrons. The van der Waals surface area contributed by atoms with E-state index >= 15 is 0 Å². The number of pyridine rings is 1. The summed E-state index contributed by atoms with van der Waals surface area (Å²) in [5.41, 5.74) is 0.507. The molecule has 1 aromatic rings. The van der Waals surface area contributed by atoms with Crippen LogP contribution in [0.4, 0.5) is 4.39 Å². The number of rotatable bonds is 1. The molecule has 1 heterocycles. The lowest BCUT2D eigenvalue weighted by molar-refractivity contribution is 0.319. The van der Waals surface area contributed by atoms with Crippen LogP contribution in [0.15, 0.2) is 23.6 Å². The van der Waals surface area contributed by atoms with Crippen molar-refractivity contribution in [2.45, 2.75) is 6.92 Å². The van der Waals surface area contributed by atoms with Gasteiger partial charge in [-0.2, -0.15) is 0 Å². The van der Waals surface area contributed by atoms with Gasteiger partial charge in [0.2, 0.25) is 0 Å². The first-order valence-electron chi connectivity index (χ1n) is 3.04. The Bertz CT molecular complexity index is 286. The van der Waals surface area contributed by atoms with Crippen molar-refractivity contribution in [1.82, 2.24) is 4.98 Å². The minimum atomic E-state index is -0.484. The Morgan fingerprint density at radius 3 is 3.00 bits per heavy atom. The number of oxime groups is 1. The predicted octanol–water partition coefficient (Wildman–Crippen LogP) is 1.42. The standard InChI is InChI=1S/C7H7FN2O/c1-5(10-11)6-2-3-9-4-7(6)8/h2-4,11H,1H3/b10-5+. The number of halogens is 1. The molecule has 3 nitrogen and oxygen atoms in total. The van der Waals surface area contributed by atoms with Gasteiger partial charge in [-0.05, 0) is 13.0 Å². The number of aromatic nitrogens is 1. The molecule has 1 rings (SSSR count). The van der Waals surface area contributed by atoms with Gasteiger partial charge < -0.3 is 5.21 Å². The molecule has 1 aromatic heterocycles. The number of hydrogen-bond acceptors (Lipinski definition) is 3. The zero-order chi connectivity index (χ0) is 8.27. The van der Waals surface area contributed by atoms with Crippen molar-refractivity contribution in [1.29, 1.82) is 0 Å². The number of nitrogens with zero attached hydrogens (tertiary/aromatic N) is 2. The molecular weight excluding hydrogens is 147 g/mol. The van der Waals surface area contributed by atoms with Gasteiger partial charge in [-0.25, -0.2) is 4.39 Å². The summed E-state index contributed by atoms with van der Waals surface area (Å²) in [7, 11) is 0. The first-order valence-corrected chi connectivity index (χ1v) is 3.04. The number of hydrogen-bond donors (Lipinski definition) is 1. The van der Waals surface area contributed by atoms with E-state index in [1.54, 1.807) is 0 Å². The Morgan fingerprint density at radius 1 is 1.73 bits per heavy atom. The topological polar surface area (TPSA) is 45.5 Å². The minimum absolute atomic E-state index is 0.241. The maximum Gasteiger partial charge on any atom is 0.150 e. The summed E-state index contributed by atoms with van der Waals surface area (Å²) >= 11 is 0. The van der Waals surface area contributed by atoms with E-state index in [9.17, 15) is 4.39 Å². The van der Waals surface area contributed by atoms with Crippen molar-refractivity contribution in [3.63, 3.8) is 0 Å². The zero-order valence-corrected chi connectivity index (χ0v) is 5.95. The smallest absolute Gasteiger partial charge is 0.150 e. The van der Waals surface area contributed by atoms with E-state index in [4.69, 9.17) is 5.21 Å². The SMILES string of the molecule is C/C(=N\O)c1ccncc1F. The van der Waals surface area contributed by atoms with Crippen molar-refractivity contribution < 1.29 is 9.60 Å². The zero-order valence-electron chi connectivity index (χ0n) is 5.95. The highest BCUT2D eigenvalue weighted by Gasteiger charge is 2.03. The highest BCUT2D eigenvalue weighted by molar-refractivity contribution is 5.98. The molecule has 0 bridgehead atoms. The molecule has 0 saturated carbocycles. The first kappa shape index (κ1) is 7.65. The second-order valence-corrected chi connectivity index (χ2v) is 2.04. The maximum absolute atomic E-state index is 12.8. The summed E-state index contributed by atoms with van der Waals surface area (Å²) in [4.78, 5) is 3.55. The fourth-order valence-electron chi connectivity index (χ4n) is 0.722. The van der Waals surface area contributed by atoms with Crippen LogP contribution in [0, 0.1) is 5.82 Å². The van der Waals surface area contributed by atoms with Crippen LogP contribution >= 0.6 is 0 Å². The largest absolute Gasteiger partial charge is 0.411 e. The van der Waals surface area contributed by atoms with E-state index in [2.05, 4.69) is 10.1 Å². The second-order valence-electron chi connectivity index (χ2n) is 2.04. The third-order valence-corrected chi connectivity index (χ3v) is 1.31. The summed E-state index contributed by atoms with van der Waals surface area (Å²) < 4.78 is 12.8. The fraction of sp³-hybridized carbons (Fsp3) is 0.143. The quantitative estimate of drug-likeness (QED) is 0.377. The predicted molar refractivity (Wildman–Crippen MR) is 38.2 cm³/mol. The van der Waals surface area contributed by atoms with Crippen LogP contribution in [0.25, 0.3) is 0 Å². The van der Waals surface area contributed by atoms with Gasteiger partial charge in [0.1, 0.15) is 0 Å². The molecule has 0 aliphatic heterocycles. The summed E-state index contributed by atoms with van der Waals surface area (Å²) in [6, 6.07) is 1.45. The Labute approximate surface area is 63.2 Å². The molecular formula is C7H7FN2O. The van der Waals surface area contributed by atoms with Gasteiger partial charge in [-0.1, -0.05) is 5.16 Å². The lowest BCUT2D eigenvalue weighted by Gasteiger charge is -1.97. The van der Waals surface area contributed by atoms with E-state index in [0.29, 0.717) is 0 Å². The third-order valence-electron chi connectivity index (χ3n) is 1.31. The third kappa shape index (κ3) is 1.52. The van der Waals surface area contributed by atoms with E-state index in [0.717, 1.165) is 6.20 Å². The van der Waals surface area contributed by atoms with Gasteiger partial charge in [-0.3, -0.25) is 4.98 Å². The van der Waals surface area contributed by atoms with Crippen LogP contribution in [-0.4, -0.2) is 15.9 Å². The van der Waals surface area contributed by atoms with Crippen molar-refractivity contribution in [2.24, 2.45) is 5.16 Å². The molecule has 0 fully saturated rings. The van der Waals surface area contributed by atoms with Crippen LogP contribution in [0.2, 0.25) is 0 Å². The van der Waals surface area contributed by atoms with Gasteiger partial charge >= 0.3 is 0 Å². The first-order chi connectivity index (χ1) is 5.25. The molecule has 0 aromatic carbocycles. The second kappa shape index (κ2) is 3.09. The van der Waals surface area contributed by atoms with Gasteiger partial charge in [0.05, 0.1) is 11.9 Å². The lowest BCUT2D eigenvalue weighted by atomic mass is 10.2. The van der Waals surface area contributed by atoms with Gasteiger partial charge in [0.15, 0.2) is 5.82 Å². The van der Waals surface area contributed by atoms with Crippen molar-refractivity contribution >= 4 is 5.71 Å². The van der Waals surface area contributed by atoms with Gasteiger partial charge in [0.25, 0.3) is 0 Å². The average molecular weight is 154 g/mol. The van der Waals surface area contributed by atoms with Crippen molar-refractivity contribution in [3.05, 3.63) is 29.8 Å². The van der Waals surface area contributed by atoms with E-state index in [1.807, 2.05) is 0 Å². The highest BCUT2D eigenvalue weighted by atomic mass is 19.1. The summed E-state index contributed by atoms with van der Waals surface area (Å²) in [6.07, 6.45) is 2.51. The molecule has 11 heavy (non-hydrogen) atoms. The van der Waals surface area contributed by atoms with Crippen LogP contribution in [-0.2, 0) is 0 Å². The van der Waals surface area contributed by atoms with Crippen molar-refractivity contribution in [3.8, 4) is 0 Å². The Morgan fingerprint density at radius 2 is 2.45 bits per heavy atom. The van der Waals surface area contributed by atoms with Gasteiger partial charge in [-0.15, -0.1) is 0 Å². The molecule has 4 heteroatoms. The Balaban J connectivity index is 3.14. The van der Waals surface area contributed by atoms with Crippen LogP contribution in [0.3, 0.4) is 0 Å². The fourth-order valence-corrected chi connectivity index (χ4v) is 0.722. The summed E-state index contributed by atoms with van der Waals surface area (Å²) in [5.74, 6) is -0.484. The lowest BCUT2D eigenvalue weighted by Crippen LogP contribution is -1.98. The molecule has 0 atom stereocenters. The van der Waals surface area contributed by atoms with Crippen LogP contribution in [0.5, 0.6) is 0 Å². The molecule has 0 spiro atoms. The minimum Gasteiger partial charge on any atom is -0.411 e. The summed E-state index contributed by atoms with van der Waals surface area (Å²) in [5, 5.41) is 11.2. The normalized spacial score (nSPS) is 11.6. The highest BCUT2D eigenvalue weighted by Crippen LogP contribution is 2.04. The van der Waals surface area contributed by atoms with E-state index < -0.39 is 5.82 Å². The van der Waals surface area contributed by atoms with Crippen LogP contribution < -0.4 is 0 Å². The molecule has 0 aliphatic carbocycles. The molecule has 0 saturated heterocycles. The molecule has 0 aliphatic rings. The molecule has 0 unspecified atom stereocenters. The van der Waals surface area contributed by atoms with E-state index in [-0.39, 0.29) is 11.3 Å². The maximum atomic E-state index is 12.8. The Hall–Kier alpha value is -1.45. The van der Waals surface area contributed by atoms with E-state index in [1.165, 1.54) is 19.2 Å². The molecule has 0 radical (unpaired) electrons. The average Bonchev–Trinajstić information content (AvgIpc) is 2.04. The molecule has 1 N–H and O–H groups in total. The van der Waals surface area contributed by atoms with Gasteiger partial charge in [0, 0.05) is 11.8 Å². The van der Waals surface area contributed by atoms with Crippen molar-refractivity contribution in [2.75, 3.05) is 0 Å². The monoisotopic (exact) mass is 154 g/mol. The summed E-state index contributed by atoms with van der Waals surface area (Å²) in [6.45, 7) is 1.51. The van der Waals surface area contributed by atoms with Crippen LogP contribution in [0.1, 0.15) is 12.5 Å².